The van der Waals surface area contributed by atoms with E-state index >= 15 is 0 Å². The number of hydrogen-bond donors (Lipinski definition) is 1. The number of imidazole rings is 1. The standard InChI is InChI=1S/C19H17N3OS2/c1-12-7-8-15-16(9-12)22-19(21-15)25-11-13-10-24-18(20-13)14-5-3-4-6-17(14)23-2/h3-10H,11H2,1-2H3,(H,21,22). The second-order valence-electron chi connectivity index (χ2n) is 5.70. The molecule has 0 aliphatic rings. The predicted molar refractivity (Wildman–Crippen MR) is 104 cm³/mol. The number of thiazole rings is 1. The van der Waals surface area contributed by atoms with Gasteiger partial charge in [0.25, 0.3) is 0 Å². The van der Waals surface area contributed by atoms with Gasteiger partial charge in [-0.15, -0.1) is 11.3 Å². The highest BCUT2D eigenvalue weighted by atomic mass is 32.2. The third-order valence-corrected chi connectivity index (χ3v) is 5.69. The first-order valence-electron chi connectivity index (χ1n) is 7.90. The van der Waals surface area contributed by atoms with Crippen molar-refractivity contribution in [2.75, 3.05) is 7.11 Å². The third kappa shape index (κ3) is 3.41. The zero-order valence-electron chi connectivity index (χ0n) is 13.9. The van der Waals surface area contributed by atoms with Crippen molar-refractivity contribution in [2.24, 2.45) is 0 Å². The highest BCUT2D eigenvalue weighted by Crippen LogP contribution is 2.33. The topological polar surface area (TPSA) is 50.8 Å². The van der Waals surface area contributed by atoms with Crippen LogP contribution in [0.1, 0.15) is 11.3 Å². The molecule has 126 valence electrons. The third-order valence-electron chi connectivity index (χ3n) is 3.86. The van der Waals surface area contributed by atoms with Crippen LogP contribution in [0.3, 0.4) is 0 Å². The summed E-state index contributed by atoms with van der Waals surface area (Å²) >= 11 is 3.31. The van der Waals surface area contributed by atoms with Crippen molar-refractivity contribution in [2.45, 2.75) is 17.8 Å². The number of aromatic nitrogens is 3. The maximum atomic E-state index is 5.43. The van der Waals surface area contributed by atoms with Gasteiger partial charge in [-0.25, -0.2) is 9.97 Å². The number of nitrogens with one attached hydrogen (secondary N) is 1. The van der Waals surface area contributed by atoms with Gasteiger partial charge in [0.2, 0.25) is 0 Å². The molecule has 2 heterocycles. The molecule has 2 aromatic heterocycles. The summed E-state index contributed by atoms with van der Waals surface area (Å²) in [6.07, 6.45) is 0. The minimum atomic E-state index is 0.782. The maximum absolute atomic E-state index is 5.43. The van der Waals surface area contributed by atoms with Crippen LogP contribution in [0, 0.1) is 6.92 Å². The second-order valence-corrected chi connectivity index (χ2v) is 7.52. The molecule has 2 aromatic carbocycles. The number of ether oxygens (including phenoxy) is 1. The average molecular weight is 367 g/mol. The molecule has 0 aliphatic carbocycles. The minimum Gasteiger partial charge on any atom is -0.496 e. The summed E-state index contributed by atoms with van der Waals surface area (Å²) in [7, 11) is 1.69. The lowest BCUT2D eigenvalue weighted by Crippen LogP contribution is -1.87. The zero-order chi connectivity index (χ0) is 17.2. The van der Waals surface area contributed by atoms with Crippen molar-refractivity contribution in [1.82, 2.24) is 15.0 Å². The first-order chi connectivity index (χ1) is 12.2. The van der Waals surface area contributed by atoms with Crippen molar-refractivity contribution >= 4 is 34.1 Å². The molecule has 0 saturated heterocycles. The van der Waals surface area contributed by atoms with Crippen molar-refractivity contribution in [1.29, 1.82) is 0 Å². The van der Waals surface area contributed by atoms with Gasteiger partial charge in [-0.1, -0.05) is 30.0 Å². The number of rotatable bonds is 5. The quantitative estimate of drug-likeness (QED) is 0.487. The van der Waals surface area contributed by atoms with Crippen LogP contribution < -0.4 is 4.74 Å². The Morgan fingerprint density at radius 3 is 2.92 bits per heavy atom. The first kappa shape index (κ1) is 16.2. The summed E-state index contributed by atoms with van der Waals surface area (Å²) in [5.41, 5.74) is 5.39. The van der Waals surface area contributed by atoms with Gasteiger partial charge < -0.3 is 9.72 Å². The summed E-state index contributed by atoms with van der Waals surface area (Å²) in [5, 5.41) is 4.00. The van der Waals surface area contributed by atoms with Crippen LogP contribution in [0.15, 0.2) is 53.0 Å². The average Bonchev–Trinajstić information content (AvgIpc) is 3.26. The van der Waals surface area contributed by atoms with E-state index in [1.165, 1.54) is 5.56 Å². The second kappa shape index (κ2) is 6.90. The van der Waals surface area contributed by atoms with E-state index in [-0.39, 0.29) is 0 Å². The van der Waals surface area contributed by atoms with E-state index in [4.69, 9.17) is 9.72 Å². The molecule has 4 rings (SSSR count). The van der Waals surface area contributed by atoms with Gasteiger partial charge in [0.15, 0.2) is 5.16 Å². The van der Waals surface area contributed by atoms with Crippen LogP contribution in [0.4, 0.5) is 0 Å². The van der Waals surface area contributed by atoms with Crippen molar-refractivity contribution < 1.29 is 4.74 Å². The predicted octanol–water partition coefficient (Wildman–Crippen LogP) is 5.30. The number of benzene rings is 2. The summed E-state index contributed by atoms with van der Waals surface area (Å²) < 4.78 is 5.43. The highest BCUT2D eigenvalue weighted by Gasteiger charge is 2.11. The first-order valence-corrected chi connectivity index (χ1v) is 9.76. The summed E-state index contributed by atoms with van der Waals surface area (Å²) in [5.74, 6) is 1.63. The fourth-order valence-electron chi connectivity index (χ4n) is 2.63. The highest BCUT2D eigenvalue weighted by molar-refractivity contribution is 7.98. The molecule has 0 saturated carbocycles. The summed E-state index contributed by atoms with van der Waals surface area (Å²) in [6.45, 7) is 2.09. The molecule has 0 unspecified atom stereocenters. The number of hydrogen-bond acceptors (Lipinski definition) is 5. The van der Waals surface area contributed by atoms with E-state index in [9.17, 15) is 0 Å². The van der Waals surface area contributed by atoms with E-state index in [0.717, 1.165) is 44.0 Å². The molecule has 0 bridgehead atoms. The van der Waals surface area contributed by atoms with E-state index in [1.807, 2.05) is 30.3 Å². The SMILES string of the molecule is COc1ccccc1-c1nc(CSc2nc3ccc(C)cc3[nH]2)cs1. The minimum absolute atomic E-state index is 0.782. The largest absolute Gasteiger partial charge is 0.496 e. The molecule has 0 amide bonds. The molecule has 4 aromatic rings. The summed E-state index contributed by atoms with van der Waals surface area (Å²) in [6, 6.07) is 14.2. The molecular formula is C19H17N3OS2. The number of para-hydroxylation sites is 1. The van der Waals surface area contributed by atoms with Gasteiger partial charge in [0.1, 0.15) is 10.8 Å². The number of methoxy groups -OCH3 is 1. The maximum Gasteiger partial charge on any atom is 0.166 e. The Hall–Kier alpha value is -2.31. The van der Waals surface area contributed by atoms with Gasteiger partial charge in [-0.2, -0.15) is 0 Å². The van der Waals surface area contributed by atoms with Gasteiger partial charge in [0.05, 0.1) is 29.4 Å². The van der Waals surface area contributed by atoms with Crippen LogP contribution in [-0.2, 0) is 5.75 Å². The normalized spacial score (nSPS) is 11.1. The number of fused-ring (bicyclic) bond motifs is 1. The molecule has 1 N–H and O–H groups in total. The fraction of sp³-hybridized carbons (Fsp3) is 0.158. The number of aromatic amines is 1. The molecule has 0 fully saturated rings. The van der Waals surface area contributed by atoms with Crippen LogP contribution in [0.2, 0.25) is 0 Å². The smallest absolute Gasteiger partial charge is 0.166 e. The Balaban J connectivity index is 1.51. The number of thioether (sulfide) groups is 1. The van der Waals surface area contributed by atoms with Crippen molar-refractivity contribution in [3.05, 3.63) is 59.1 Å². The van der Waals surface area contributed by atoms with Crippen molar-refractivity contribution in [3.63, 3.8) is 0 Å². The lowest BCUT2D eigenvalue weighted by Gasteiger charge is -2.04. The lowest BCUT2D eigenvalue weighted by molar-refractivity contribution is 0.416. The molecule has 0 spiro atoms. The molecule has 0 aliphatic heterocycles. The van der Waals surface area contributed by atoms with Crippen molar-refractivity contribution in [3.8, 4) is 16.3 Å². The van der Waals surface area contributed by atoms with E-state index < -0.39 is 0 Å². The van der Waals surface area contributed by atoms with E-state index in [2.05, 4.69) is 34.4 Å². The van der Waals surface area contributed by atoms with E-state index in [1.54, 1.807) is 30.2 Å². The molecule has 4 nitrogen and oxygen atoms in total. The monoisotopic (exact) mass is 367 g/mol. The number of H-pyrrole nitrogens is 1. The van der Waals surface area contributed by atoms with Gasteiger partial charge in [0, 0.05) is 11.1 Å². The van der Waals surface area contributed by atoms with Crippen LogP contribution in [0.5, 0.6) is 5.75 Å². The Labute approximate surface area is 154 Å². The molecule has 0 atom stereocenters. The Kier molecular flexibility index (Phi) is 4.46. The van der Waals surface area contributed by atoms with Gasteiger partial charge in [-0.3, -0.25) is 0 Å². The summed E-state index contributed by atoms with van der Waals surface area (Å²) in [4.78, 5) is 12.7. The van der Waals surface area contributed by atoms with Crippen LogP contribution >= 0.6 is 23.1 Å². The lowest BCUT2D eigenvalue weighted by atomic mass is 10.2. The Morgan fingerprint density at radius 1 is 1.16 bits per heavy atom. The van der Waals surface area contributed by atoms with Crippen LogP contribution in [0.25, 0.3) is 21.6 Å². The fourth-order valence-corrected chi connectivity index (χ4v) is 4.36. The number of nitrogens with zero attached hydrogens (tertiary/aromatic N) is 2. The van der Waals surface area contributed by atoms with E-state index in [0.29, 0.717) is 0 Å². The molecule has 25 heavy (non-hydrogen) atoms. The Bertz CT molecular complexity index is 1020. The zero-order valence-corrected chi connectivity index (χ0v) is 15.6. The molecule has 0 radical (unpaired) electrons. The number of aryl methyl sites for hydroxylation is 1. The molecule has 6 heteroatoms. The van der Waals surface area contributed by atoms with Gasteiger partial charge >= 0.3 is 0 Å². The van der Waals surface area contributed by atoms with Gasteiger partial charge in [-0.05, 0) is 36.8 Å². The molecular weight excluding hydrogens is 350 g/mol. The van der Waals surface area contributed by atoms with Crippen LogP contribution in [-0.4, -0.2) is 22.1 Å². The Morgan fingerprint density at radius 2 is 2.04 bits per heavy atom.